The number of amides is 2. The van der Waals surface area contributed by atoms with E-state index in [0.29, 0.717) is 22.8 Å². The number of anilines is 1. The summed E-state index contributed by atoms with van der Waals surface area (Å²) in [6, 6.07) is 15.2. The van der Waals surface area contributed by atoms with E-state index < -0.39 is 0 Å². The highest BCUT2D eigenvalue weighted by atomic mass is 32.1. The molecule has 192 valence electrons. The second-order valence-corrected chi connectivity index (χ2v) is 10.6. The summed E-state index contributed by atoms with van der Waals surface area (Å²) in [6.07, 6.45) is 5.17. The van der Waals surface area contributed by atoms with Crippen LogP contribution in [0.1, 0.15) is 66.2 Å². The zero-order valence-electron chi connectivity index (χ0n) is 21.5. The maximum Gasteiger partial charge on any atom is 0.286 e. The number of hydrogen-bond donors (Lipinski definition) is 1. The lowest BCUT2D eigenvalue weighted by Crippen LogP contribution is -2.49. The molecule has 0 unspecified atom stereocenters. The van der Waals surface area contributed by atoms with E-state index in [9.17, 15) is 9.59 Å². The summed E-state index contributed by atoms with van der Waals surface area (Å²) in [6.45, 7) is 8.54. The summed E-state index contributed by atoms with van der Waals surface area (Å²) in [5.74, 6) is -0.177. The predicted molar refractivity (Wildman–Crippen MR) is 148 cm³/mol. The number of hydrazine groups is 1. The Kier molecular flexibility index (Phi) is 7.34. The van der Waals surface area contributed by atoms with Gasteiger partial charge in [-0.1, -0.05) is 24.6 Å². The van der Waals surface area contributed by atoms with Gasteiger partial charge in [-0.15, -0.1) is 11.3 Å². The zero-order chi connectivity index (χ0) is 25.9. The molecule has 3 aromatic heterocycles. The molecular formula is C28H32N6O2S. The van der Waals surface area contributed by atoms with Crippen LogP contribution in [-0.2, 0) is 0 Å². The van der Waals surface area contributed by atoms with Crippen LogP contribution in [0, 0.1) is 0 Å². The highest BCUT2D eigenvalue weighted by molar-refractivity contribution is 7.20. The van der Waals surface area contributed by atoms with Crippen molar-refractivity contribution in [2.45, 2.75) is 46.1 Å². The van der Waals surface area contributed by atoms with Crippen LogP contribution in [0.2, 0.25) is 0 Å². The van der Waals surface area contributed by atoms with Gasteiger partial charge in [-0.05, 0) is 63.9 Å². The lowest BCUT2D eigenvalue weighted by molar-refractivity contribution is -0.0191. The van der Waals surface area contributed by atoms with Crippen molar-refractivity contribution in [3.8, 4) is 11.3 Å². The number of nitrogens with zero attached hydrogens (tertiary/aromatic N) is 5. The molecule has 0 atom stereocenters. The molecule has 0 spiro atoms. The van der Waals surface area contributed by atoms with Crippen molar-refractivity contribution in [1.29, 1.82) is 0 Å². The van der Waals surface area contributed by atoms with Gasteiger partial charge in [0.1, 0.15) is 10.5 Å². The monoisotopic (exact) mass is 516 g/mol. The molecule has 37 heavy (non-hydrogen) atoms. The van der Waals surface area contributed by atoms with E-state index in [1.54, 1.807) is 6.20 Å². The number of rotatable bonds is 7. The van der Waals surface area contributed by atoms with E-state index in [0.717, 1.165) is 47.4 Å². The number of nitrogens with one attached hydrogen (secondary N) is 1. The van der Waals surface area contributed by atoms with Gasteiger partial charge in [-0.25, -0.2) is 9.99 Å². The minimum Gasteiger partial charge on any atom is -0.321 e. The lowest BCUT2D eigenvalue weighted by Gasteiger charge is -2.36. The minimum absolute atomic E-state index is 0.0152. The number of piperidine rings is 1. The topological polar surface area (TPSA) is 83.4 Å². The average Bonchev–Trinajstić information content (AvgIpc) is 3.56. The molecule has 1 N–H and O–H groups in total. The van der Waals surface area contributed by atoms with Crippen LogP contribution in [0.5, 0.6) is 0 Å². The van der Waals surface area contributed by atoms with Crippen LogP contribution in [0.15, 0.2) is 54.7 Å². The third-order valence-corrected chi connectivity index (χ3v) is 7.67. The van der Waals surface area contributed by atoms with Crippen molar-refractivity contribution in [3.05, 3.63) is 65.3 Å². The fraction of sp³-hybridized carbons (Fsp3) is 0.357. The molecule has 0 radical (unpaired) electrons. The Bertz CT molecular complexity index is 1370. The first-order valence-electron chi connectivity index (χ1n) is 12.9. The summed E-state index contributed by atoms with van der Waals surface area (Å²) in [5, 5.41) is 12.7. The first-order chi connectivity index (χ1) is 17.9. The Morgan fingerprint density at radius 1 is 1.08 bits per heavy atom. The number of pyridine rings is 1. The Morgan fingerprint density at radius 3 is 2.51 bits per heavy atom. The molecule has 1 aromatic carbocycles. The molecule has 0 aliphatic carbocycles. The minimum atomic E-state index is -0.162. The Labute approximate surface area is 220 Å². The van der Waals surface area contributed by atoms with Gasteiger partial charge in [0.25, 0.3) is 11.8 Å². The quantitative estimate of drug-likeness (QED) is 0.333. The standard InChI is InChI=1S/C28H32N6O2S/c1-4-33(32-15-6-5-7-16-32)28(36)24-18-23(31-34(24)19(2)3)20-10-12-22(13-11-20)30-26(35)25-17-21-9-8-14-29-27(21)37-25/h8-14,17-19H,4-7,15-16H2,1-3H3,(H,30,35). The second kappa shape index (κ2) is 10.8. The molecule has 5 rings (SSSR count). The van der Waals surface area contributed by atoms with Crippen LogP contribution < -0.4 is 5.32 Å². The van der Waals surface area contributed by atoms with Gasteiger partial charge in [0.05, 0.1) is 10.6 Å². The molecule has 4 aromatic rings. The van der Waals surface area contributed by atoms with Gasteiger partial charge in [-0.3, -0.25) is 19.3 Å². The van der Waals surface area contributed by atoms with Crippen LogP contribution in [0.25, 0.3) is 21.5 Å². The van der Waals surface area contributed by atoms with Crippen molar-refractivity contribution < 1.29 is 9.59 Å². The summed E-state index contributed by atoms with van der Waals surface area (Å²) in [4.78, 5) is 32.1. The SMILES string of the molecule is CCN(C(=O)c1cc(-c2ccc(NC(=O)c3cc4cccnc4s3)cc2)nn1C(C)C)N1CCCCC1. The van der Waals surface area contributed by atoms with Crippen molar-refractivity contribution in [3.63, 3.8) is 0 Å². The molecule has 4 heterocycles. The van der Waals surface area contributed by atoms with E-state index in [1.807, 2.05) is 79.0 Å². The molecule has 0 saturated carbocycles. The Morgan fingerprint density at radius 2 is 1.84 bits per heavy atom. The van der Waals surface area contributed by atoms with Gasteiger partial charge in [0, 0.05) is 48.5 Å². The number of thiophene rings is 1. The van der Waals surface area contributed by atoms with E-state index in [1.165, 1.54) is 17.8 Å². The molecule has 1 aliphatic rings. The number of carbonyl (C=O) groups is 2. The maximum absolute atomic E-state index is 13.6. The number of hydrogen-bond acceptors (Lipinski definition) is 6. The van der Waals surface area contributed by atoms with Gasteiger partial charge >= 0.3 is 0 Å². The number of fused-ring (bicyclic) bond motifs is 1. The summed E-state index contributed by atoms with van der Waals surface area (Å²) in [7, 11) is 0. The highest BCUT2D eigenvalue weighted by Crippen LogP contribution is 2.27. The molecule has 1 saturated heterocycles. The highest BCUT2D eigenvalue weighted by Gasteiger charge is 2.27. The number of aromatic nitrogens is 3. The van der Waals surface area contributed by atoms with E-state index in [-0.39, 0.29) is 17.9 Å². The largest absolute Gasteiger partial charge is 0.321 e. The van der Waals surface area contributed by atoms with E-state index >= 15 is 0 Å². The molecule has 8 nitrogen and oxygen atoms in total. The van der Waals surface area contributed by atoms with Gasteiger partial charge < -0.3 is 5.32 Å². The maximum atomic E-state index is 13.6. The third kappa shape index (κ3) is 5.28. The van der Waals surface area contributed by atoms with Crippen molar-refractivity contribution in [2.24, 2.45) is 0 Å². The van der Waals surface area contributed by atoms with Crippen LogP contribution in [0.4, 0.5) is 5.69 Å². The summed E-state index contributed by atoms with van der Waals surface area (Å²) < 4.78 is 1.81. The number of benzene rings is 1. The van der Waals surface area contributed by atoms with Gasteiger partial charge in [0.2, 0.25) is 0 Å². The molecule has 1 aliphatic heterocycles. The fourth-order valence-electron chi connectivity index (χ4n) is 4.71. The molecule has 9 heteroatoms. The average molecular weight is 517 g/mol. The van der Waals surface area contributed by atoms with Crippen LogP contribution in [-0.4, -0.2) is 56.2 Å². The summed E-state index contributed by atoms with van der Waals surface area (Å²) >= 11 is 1.37. The fourth-order valence-corrected chi connectivity index (χ4v) is 5.61. The number of carbonyl (C=O) groups excluding carboxylic acids is 2. The predicted octanol–water partition coefficient (Wildman–Crippen LogP) is 5.86. The van der Waals surface area contributed by atoms with Crippen molar-refractivity contribution in [1.82, 2.24) is 24.8 Å². The Hall–Kier alpha value is -3.56. The van der Waals surface area contributed by atoms with Gasteiger partial charge in [-0.2, -0.15) is 5.10 Å². The molecular weight excluding hydrogens is 484 g/mol. The first kappa shape index (κ1) is 25.1. The zero-order valence-corrected chi connectivity index (χ0v) is 22.3. The van der Waals surface area contributed by atoms with Crippen LogP contribution in [0.3, 0.4) is 0 Å². The second-order valence-electron chi connectivity index (χ2n) is 9.53. The molecule has 1 fully saturated rings. The first-order valence-corrected chi connectivity index (χ1v) is 13.7. The smallest absolute Gasteiger partial charge is 0.286 e. The normalized spacial score (nSPS) is 14.3. The van der Waals surface area contributed by atoms with Crippen molar-refractivity contribution in [2.75, 3.05) is 25.0 Å². The van der Waals surface area contributed by atoms with Gasteiger partial charge in [0.15, 0.2) is 0 Å². The van der Waals surface area contributed by atoms with Crippen LogP contribution >= 0.6 is 11.3 Å². The third-order valence-electron chi connectivity index (χ3n) is 6.61. The lowest BCUT2D eigenvalue weighted by atomic mass is 10.1. The summed E-state index contributed by atoms with van der Waals surface area (Å²) in [5.41, 5.74) is 2.91. The molecule has 2 amide bonds. The van der Waals surface area contributed by atoms with Crippen molar-refractivity contribution >= 4 is 39.1 Å². The van der Waals surface area contributed by atoms with E-state index in [2.05, 4.69) is 15.3 Å². The van der Waals surface area contributed by atoms with E-state index in [4.69, 9.17) is 5.10 Å². The molecule has 0 bridgehead atoms. The Balaban J connectivity index is 1.34.